The topological polar surface area (TPSA) is 99.2 Å². The molecule has 0 aromatic heterocycles. The number of rotatable bonds is 3. The molecule has 0 spiro atoms. The van der Waals surface area contributed by atoms with Crippen LogP contribution in [-0.4, -0.2) is 58.0 Å². The molecule has 1 aliphatic rings. The van der Waals surface area contributed by atoms with Gasteiger partial charge < -0.3 is 14.2 Å². The fraction of sp³-hybridized carbons (Fsp3) is 0.636. The van der Waals surface area contributed by atoms with Gasteiger partial charge >= 0.3 is 18.0 Å². The van der Waals surface area contributed by atoms with Crippen LogP contribution in [-0.2, 0) is 28.6 Å². The summed E-state index contributed by atoms with van der Waals surface area (Å²) >= 11 is 23.0. The van der Waals surface area contributed by atoms with Crippen molar-refractivity contribution in [1.29, 1.82) is 0 Å². The number of halogens is 4. The van der Waals surface area contributed by atoms with Crippen molar-refractivity contribution in [2.75, 3.05) is 13.7 Å². The van der Waals surface area contributed by atoms with Gasteiger partial charge in [-0.2, -0.15) is 0 Å². The Morgan fingerprint density at radius 1 is 1.30 bits per heavy atom. The van der Waals surface area contributed by atoms with Crippen molar-refractivity contribution in [3.63, 3.8) is 0 Å². The second kappa shape index (κ2) is 7.74. The summed E-state index contributed by atoms with van der Waals surface area (Å²) in [5, 5.41) is 0. The molecule has 0 aliphatic carbocycles. The van der Waals surface area contributed by atoms with E-state index in [1.54, 1.807) is 0 Å². The number of imide groups is 1. The highest BCUT2D eigenvalue weighted by atomic mass is 35.6. The van der Waals surface area contributed by atoms with E-state index < -0.39 is 45.3 Å². The summed E-state index contributed by atoms with van der Waals surface area (Å²) < 4.78 is 11.3. The quantitative estimate of drug-likeness (QED) is 0.229. The van der Waals surface area contributed by atoms with Gasteiger partial charge in [-0.3, -0.25) is 14.5 Å². The van der Waals surface area contributed by atoms with Crippen molar-refractivity contribution in [1.82, 2.24) is 4.90 Å². The van der Waals surface area contributed by atoms with Gasteiger partial charge in [-0.25, -0.2) is 9.59 Å². The third-order valence-corrected chi connectivity index (χ3v) is 3.89. The minimum absolute atomic E-state index is 0.0126. The van der Waals surface area contributed by atoms with E-state index in [9.17, 15) is 19.2 Å². The summed E-state index contributed by atoms with van der Waals surface area (Å²) in [6.45, 7) is 1.50. The Morgan fingerprint density at radius 2 is 1.87 bits per heavy atom. The third kappa shape index (κ3) is 4.32. The Hall–Kier alpha value is -0.960. The van der Waals surface area contributed by atoms with E-state index in [1.807, 2.05) is 0 Å². The summed E-state index contributed by atoms with van der Waals surface area (Å²) in [6.07, 6.45) is -2.80. The largest absolute Gasteiger partial charge is 0.508 e. The van der Waals surface area contributed by atoms with Crippen LogP contribution in [0.2, 0.25) is 0 Å². The Balaban J connectivity index is 2.94. The van der Waals surface area contributed by atoms with E-state index in [1.165, 1.54) is 6.92 Å². The fourth-order valence-electron chi connectivity index (χ4n) is 1.75. The van der Waals surface area contributed by atoms with Crippen LogP contribution in [0.1, 0.15) is 6.92 Å². The number of nitrogens with zero attached hydrogens (tertiary/aromatic N) is 1. The average molecular weight is 411 g/mol. The SMILES string of the molecule is CCOC(=O)OC([C@H]1C(=O)N(C(=O)C(=O)OC)[C@@H]1Cl)C(Cl)(Cl)Cl. The Bertz CT molecular complexity index is 521. The van der Waals surface area contributed by atoms with Crippen molar-refractivity contribution in [2.24, 2.45) is 5.92 Å². The molecular formula is C11H11Cl4NO7. The van der Waals surface area contributed by atoms with Crippen LogP contribution >= 0.6 is 46.4 Å². The number of amides is 2. The number of β-lactam (4-membered cyclic amide) rings is 1. The lowest BCUT2D eigenvalue weighted by molar-refractivity contribution is -0.175. The number of carbonyl (C=O) groups is 4. The smallest absolute Gasteiger partial charge is 0.462 e. The minimum atomic E-state index is -2.22. The van der Waals surface area contributed by atoms with Crippen LogP contribution in [0.25, 0.3) is 0 Å². The molecule has 1 saturated heterocycles. The van der Waals surface area contributed by atoms with Crippen LogP contribution in [0.4, 0.5) is 4.79 Å². The number of methoxy groups -OCH3 is 1. The van der Waals surface area contributed by atoms with Crippen LogP contribution in [0.5, 0.6) is 0 Å². The van der Waals surface area contributed by atoms with Crippen molar-refractivity contribution >= 4 is 70.3 Å². The molecule has 23 heavy (non-hydrogen) atoms. The van der Waals surface area contributed by atoms with Gasteiger partial charge in [0.05, 0.1) is 13.7 Å². The van der Waals surface area contributed by atoms with Crippen molar-refractivity contribution in [2.45, 2.75) is 22.3 Å². The lowest BCUT2D eigenvalue weighted by atomic mass is 9.92. The molecule has 1 fully saturated rings. The first kappa shape index (κ1) is 20.1. The number of ether oxygens (including phenoxy) is 3. The molecule has 2 amide bonds. The standard InChI is InChI=1S/C11H11Cl4NO7/c1-3-22-10(20)23-5(11(13,14)15)4-6(12)16(7(4)17)8(18)9(19)21-2/h4-6H,3H2,1-2H3/t4-,5?,6+/m1/s1. The molecule has 12 heteroatoms. The van der Waals surface area contributed by atoms with Crippen LogP contribution in [0.3, 0.4) is 0 Å². The number of alkyl halides is 4. The molecule has 130 valence electrons. The molecule has 3 atom stereocenters. The second-order valence-electron chi connectivity index (χ2n) is 4.17. The predicted molar refractivity (Wildman–Crippen MR) is 79.2 cm³/mol. The number of carbonyl (C=O) groups excluding carboxylic acids is 4. The van der Waals surface area contributed by atoms with Gasteiger partial charge in [0.1, 0.15) is 11.4 Å². The molecule has 1 heterocycles. The van der Waals surface area contributed by atoms with Gasteiger partial charge in [-0.1, -0.05) is 46.4 Å². The van der Waals surface area contributed by atoms with E-state index in [0.717, 1.165) is 7.11 Å². The van der Waals surface area contributed by atoms with E-state index in [2.05, 4.69) is 9.47 Å². The molecule has 0 N–H and O–H groups in total. The number of hydrogen-bond donors (Lipinski definition) is 0. The molecular weight excluding hydrogens is 400 g/mol. The van der Waals surface area contributed by atoms with Crippen LogP contribution in [0.15, 0.2) is 0 Å². The first-order valence-corrected chi connectivity index (χ1v) is 7.62. The molecule has 1 rings (SSSR count). The van der Waals surface area contributed by atoms with Gasteiger partial charge in [-0.05, 0) is 6.92 Å². The van der Waals surface area contributed by atoms with E-state index in [4.69, 9.17) is 51.1 Å². The number of esters is 1. The fourth-order valence-corrected chi connectivity index (χ4v) is 2.71. The van der Waals surface area contributed by atoms with Gasteiger partial charge in [0.2, 0.25) is 9.70 Å². The molecule has 0 aromatic rings. The molecule has 0 saturated carbocycles. The average Bonchev–Trinajstić information content (AvgIpc) is 2.45. The number of likely N-dealkylation sites (tertiary alicyclic amines) is 1. The molecule has 1 aliphatic heterocycles. The van der Waals surface area contributed by atoms with Crippen LogP contribution < -0.4 is 0 Å². The predicted octanol–water partition coefficient (Wildman–Crippen LogP) is 1.62. The zero-order valence-corrected chi connectivity index (χ0v) is 14.8. The maximum atomic E-state index is 12.1. The third-order valence-electron chi connectivity index (χ3n) is 2.78. The van der Waals surface area contributed by atoms with Crippen molar-refractivity contribution < 1.29 is 33.4 Å². The monoisotopic (exact) mass is 409 g/mol. The summed E-state index contributed by atoms with van der Waals surface area (Å²) in [5.74, 6) is -4.89. The molecule has 0 radical (unpaired) electrons. The highest BCUT2D eigenvalue weighted by molar-refractivity contribution is 6.68. The van der Waals surface area contributed by atoms with E-state index >= 15 is 0 Å². The molecule has 8 nitrogen and oxygen atoms in total. The zero-order valence-electron chi connectivity index (χ0n) is 11.8. The lowest BCUT2D eigenvalue weighted by Gasteiger charge is -2.45. The Kier molecular flexibility index (Phi) is 6.76. The van der Waals surface area contributed by atoms with Gasteiger partial charge in [0, 0.05) is 0 Å². The second-order valence-corrected chi connectivity index (χ2v) is 6.98. The maximum Gasteiger partial charge on any atom is 0.508 e. The molecule has 1 unspecified atom stereocenters. The lowest BCUT2D eigenvalue weighted by Crippen LogP contribution is -2.67. The maximum absolute atomic E-state index is 12.1. The first-order valence-electron chi connectivity index (χ1n) is 6.05. The first-order chi connectivity index (χ1) is 10.6. The van der Waals surface area contributed by atoms with Crippen molar-refractivity contribution in [3.05, 3.63) is 0 Å². The summed E-state index contributed by atoms with van der Waals surface area (Å²) in [4.78, 5) is 46.7. The number of hydrogen-bond acceptors (Lipinski definition) is 7. The zero-order chi connectivity index (χ0) is 17.9. The summed E-state index contributed by atoms with van der Waals surface area (Å²) in [5.41, 5.74) is -1.37. The van der Waals surface area contributed by atoms with Gasteiger partial charge in [0.15, 0.2) is 6.10 Å². The molecule has 0 aromatic carbocycles. The highest BCUT2D eigenvalue weighted by Gasteiger charge is 2.60. The summed E-state index contributed by atoms with van der Waals surface area (Å²) in [7, 11) is 0.958. The summed E-state index contributed by atoms with van der Waals surface area (Å²) in [6, 6.07) is 0. The molecule has 0 bridgehead atoms. The Labute approximate surface area is 150 Å². The van der Waals surface area contributed by atoms with Gasteiger partial charge in [0.25, 0.3) is 0 Å². The van der Waals surface area contributed by atoms with E-state index in [0.29, 0.717) is 4.90 Å². The van der Waals surface area contributed by atoms with Crippen molar-refractivity contribution in [3.8, 4) is 0 Å². The van der Waals surface area contributed by atoms with Crippen LogP contribution in [0, 0.1) is 5.92 Å². The Morgan fingerprint density at radius 3 is 2.26 bits per heavy atom. The van der Waals surface area contributed by atoms with E-state index in [-0.39, 0.29) is 6.61 Å². The normalized spacial score (nSPS) is 22.0. The highest BCUT2D eigenvalue weighted by Crippen LogP contribution is 2.44. The van der Waals surface area contributed by atoms with Gasteiger partial charge in [-0.15, -0.1) is 0 Å². The minimum Gasteiger partial charge on any atom is -0.462 e.